The summed E-state index contributed by atoms with van der Waals surface area (Å²) in [5.74, 6) is 0.0257. The predicted octanol–water partition coefficient (Wildman–Crippen LogP) is 5.58. The van der Waals surface area contributed by atoms with Gasteiger partial charge in [0.1, 0.15) is 6.17 Å². The highest BCUT2D eigenvalue weighted by atomic mass is 35.5. The molecule has 10 heteroatoms. The normalized spacial score (nSPS) is 16.7. The predicted molar refractivity (Wildman–Crippen MR) is 141 cm³/mol. The van der Waals surface area contributed by atoms with Gasteiger partial charge in [-0.3, -0.25) is 4.79 Å². The molecule has 1 amide bonds. The first-order valence-corrected chi connectivity index (χ1v) is 14.6. The van der Waals surface area contributed by atoms with Crippen LogP contribution >= 0.6 is 34.7 Å². The molecule has 1 unspecified atom stereocenters. The number of aryl methyl sites for hydroxylation is 1. The molecule has 1 fully saturated rings. The van der Waals surface area contributed by atoms with Crippen LogP contribution in [0.25, 0.3) is 10.2 Å². The molecular formula is C25H22ClN3O3S3. The lowest BCUT2D eigenvalue weighted by Gasteiger charge is -2.30. The zero-order valence-corrected chi connectivity index (χ0v) is 22.0. The number of amides is 1. The molecule has 1 aliphatic rings. The quantitative estimate of drug-likeness (QED) is 0.297. The minimum atomic E-state index is -3.80. The Morgan fingerprint density at radius 2 is 1.83 bits per heavy atom. The first-order valence-electron chi connectivity index (χ1n) is 10.9. The van der Waals surface area contributed by atoms with Crippen LogP contribution in [-0.4, -0.2) is 47.4 Å². The first kappa shape index (κ1) is 24.3. The second-order valence-electron chi connectivity index (χ2n) is 8.18. The van der Waals surface area contributed by atoms with Gasteiger partial charge in [-0.2, -0.15) is 4.31 Å². The van der Waals surface area contributed by atoms with E-state index in [0.717, 1.165) is 25.7 Å². The molecule has 1 aromatic heterocycles. The van der Waals surface area contributed by atoms with Gasteiger partial charge in [-0.1, -0.05) is 71.4 Å². The van der Waals surface area contributed by atoms with E-state index in [2.05, 4.69) is 4.98 Å². The molecule has 1 aliphatic heterocycles. The minimum absolute atomic E-state index is 0.136. The van der Waals surface area contributed by atoms with E-state index in [4.69, 9.17) is 11.6 Å². The van der Waals surface area contributed by atoms with Crippen LogP contribution in [0.2, 0.25) is 5.02 Å². The van der Waals surface area contributed by atoms with Crippen LogP contribution in [0, 0.1) is 6.92 Å². The fourth-order valence-electron chi connectivity index (χ4n) is 4.08. The first-order chi connectivity index (χ1) is 16.8. The highest BCUT2D eigenvalue weighted by molar-refractivity contribution is 8.01. The number of thioether (sulfide) groups is 1. The van der Waals surface area contributed by atoms with Crippen LogP contribution < -0.4 is 0 Å². The van der Waals surface area contributed by atoms with Crippen molar-refractivity contribution in [3.8, 4) is 0 Å². The number of sulfonamides is 1. The highest BCUT2D eigenvalue weighted by Crippen LogP contribution is 2.37. The number of nitrogens with zero attached hydrogens (tertiary/aromatic N) is 3. The number of hydrogen-bond acceptors (Lipinski definition) is 6. The number of carbonyl (C=O) groups excluding carboxylic acids is 1. The van der Waals surface area contributed by atoms with E-state index in [9.17, 15) is 13.2 Å². The summed E-state index contributed by atoms with van der Waals surface area (Å²) >= 11 is 8.92. The number of thiazole rings is 1. The molecule has 1 atom stereocenters. The third kappa shape index (κ3) is 4.96. The van der Waals surface area contributed by atoms with Gasteiger partial charge >= 0.3 is 0 Å². The van der Waals surface area contributed by atoms with Gasteiger partial charge in [-0.25, -0.2) is 13.4 Å². The van der Waals surface area contributed by atoms with Crippen molar-refractivity contribution in [2.45, 2.75) is 22.3 Å². The second kappa shape index (κ2) is 9.91. The number of halogens is 1. The average molecular weight is 544 g/mol. The second-order valence-corrected chi connectivity index (χ2v) is 12.8. The molecule has 0 aliphatic carbocycles. The summed E-state index contributed by atoms with van der Waals surface area (Å²) in [4.78, 5) is 19.8. The summed E-state index contributed by atoms with van der Waals surface area (Å²) in [6.07, 6.45) is -0.704. The third-order valence-corrected chi connectivity index (χ3v) is 10.1. The van der Waals surface area contributed by atoms with Gasteiger partial charge in [0.2, 0.25) is 15.9 Å². The van der Waals surface area contributed by atoms with E-state index < -0.39 is 16.2 Å². The van der Waals surface area contributed by atoms with Crippen LogP contribution in [0.3, 0.4) is 0 Å². The van der Waals surface area contributed by atoms with Crippen molar-refractivity contribution in [2.24, 2.45) is 0 Å². The molecule has 0 spiro atoms. The Hall–Kier alpha value is -2.43. The summed E-state index contributed by atoms with van der Waals surface area (Å²) in [6, 6.07) is 21.6. The van der Waals surface area contributed by atoms with Gasteiger partial charge in [-0.15, -0.1) is 11.3 Å². The van der Waals surface area contributed by atoms with Gasteiger partial charge in [0, 0.05) is 18.1 Å². The standard InChI is InChI=1S/C25H22ClN3O3S3/c1-17-7-10-20(11-8-17)35(31,32)29-14-13-28(24(29)18-5-3-2-4-6-18)23(30)16-33-25-27-21-15-19(26)9-12-22(21)34-25/h2-12,15,24H,13-14,16H2,1H3. The van der Waals surface area contributed by atoms with Crippen LogP contribution in [0.5, 0.6) is 0 Å². The molecule has 5 rings (SSSR count). The van der Waals surface area contributed by atoms with E-state index in [0.29, 0.717) is 11.6 Å². The SMILES string of the molecule is Cc1ccc(S(=O)(=O)N2CCN(C(=O)CSc3nc4cc(Cl)ccc4s3)C2c2ccccc2)cc1. The molecule has 6 nitrogen and oxygen atoms in total. The summed E-state index contributed by atoms with van der Waals surface area (Å²) in [5, 5.41) is 0.619. The van der Waals surface area contributed by atoms with Crippen molar-refractivity contribution in [2.75, 3.05) is 18.8 Å². The van der Waals surface area contributed by atoms with E-state index >= 15 is 0 Å². The number of rotatable bonds is 6. The number of hydrogen-bond donors (Lipinski definition) is 0. The van der Waals surface area contributed by atoms with Gasteiger partial charge in [0.05, 0.1) is 20.9 Å². The lowest BCUT2D eigenvalue weighted by Crippen LogP contribution is -2.38. The maximum atomic E-state index is 13.6. The topological polar surface area (TPSA) is 70.6 Å². The molecule has 0 radical (unpaired) electrons. The molecule has 4 aromatic rings. The molecule has 0 N–H and O–H groups in total. The Morgan fingerprint density at radius 1 is 1.09 bits per heavy atom. The fraction of sp³-hybridized carbons (Fsp3) is 0.200. The van der Waals surface area contributed by atoms with Crippen molar-refractivity contribution >= 4 is 60.8 Å². The Labute approximate surface area is 217 Å². The molecule has 3 aromatic carbocycles. The number of benzene rings is 3. The molecule has 0 bridgehead atoms. The van der Waals surface area contributed by atoms with E-state index in [1.165, 1.54) is 27.4 Å². The van der Waals surface area contributed by atoms with Crippen LogP contribution in [0.15, 0.2) is 82.0 Å². The van der Waals surface area contributed by atoms with Crippen molar-refractivity contribution < 1.29 is 13.2 Å². The van der Waals surface area contributed by atoms with Crippen LogP contribution in [-0.2, 0) is 14.8 Å². The Morgan fingerprint density at radius 3 is 2.57 bits per heavy atom. The molecular weight excluding hydrogens is 522 g/mol. The number of aromatic nitrogens is 1. The molecule has 2 heterocycles. The van der Waals surface area contributed by atoms with Crippen molar-refractivity contribution in [1.82, 2.24) is 14.2 Å². The summed E-state index contributed by atoms with van der Waals surface area (Å²) < 4.78 is 30.3. The van der Waals surface area contributed by atoms with Crippen molar-refractivity contribution in [1.29, 1.82) is 0 Å². The summed E-state index contributed by atoms with van der Waals surface area (Å²) in [5.41, 5.74) is 2.54. The maximum Gasteiger partial charge on any atom is 0.245 e. The Balaban J connectivity index is 1.40. The molecule has 1 saturated heterocycles. The monoisotopic (exact) mass is 543 g/mol. The lowest BCUT2D eigenvalue weighted by atomic mass is 10.1. The average Bonchev–Trinajstić information content (AvgIpc) is 3.48. The summed E-state index contributed by atoms with van der Waals surface area (Å²) in [6.45, 7) is 2.46. The zero-order chi connectivity index (χ0) is 24.6. The van der Waals surface area contributed by atoms with Gasteiger partial charge in [-0.05, 0) is 42.8 Å². The Bertz CT molecular complexity index is 1470. The van der Waals surface area contributed by atoms with Gasteiger partial charge in [0.25, 0.3) is 0 Å². The van der Waals surface area contributed by atoms with E-state index in [-0.39, 0.29) is 23.1 Å². The fourth-order valence-corrected chi connectivity index (χ4v) is 7.76. The smallest absolute Gasteiger partial charge is 0.245 e. The van der Waals surface area contributed by atoms with E-state index in [1.807, 2.05) is 49.4 Å². The molecule has 0 saturated carbocycles. The zero-order valence-electron chi connectivity index (χ0n) is 18.8. The maximum absolute atomic E-state index is 13.6. The minimum Gasteiger partial charge on any atom is -0.320 e. The third-order valence-electron chi connectivity index (χ3n) is 5.82. The van der Waals surface area contributed by atoms with Crippen LogP contribution in [0.4, 0.5) is 0 Å². The Kier molecular flexibility index (Phi) is 6.87. The van der Waals surface area contributed by atoms with Gasteiger partial charge in [0.15, 0.2) is 4.34 Å². The largest absolute Gasteiger partial charge is 0.320 e. The summed E-state index contributed by atoms with van der Waals surface area (Å²) in [7, 11) is -3.80. The molecule has 35 heavy (non-hydrogen) atoms. The number of carbonyl (C=O) groups is 1. The van der Waals surface area contributed by atoms with Crippen molar-refractivity contribution in [3.63, 3.8) is 0 Å². The van der Waals surface area contributed by atoms with Gasteiger partial charge < -0.3 is 4.90 Å². The molecule has 180 valence electrons. The lowest BCUT2D eigenvalue weighted by molar-refractivity contribution is -0.130. The van der Waals surface area contributed by atoms with Crippen LogP contribution in [0.1, 0.15) is 17.3 Å². The van der Waals surface area contributed by atoms with E-state index in [1.54, 1.807) is 35.2 Å². The highest BCUT2D eigenvalue weighted by Gasteiger charge is 2.43. The van der Waals surface area contributed by atoms with Crippen molar-refractivity contribution in [3.05, 3.63) is 88.9 Å². The number of fused-ring (bicyclic) bond motifs is 1.